The van der Waals surface area contributed by atoms with E-state index in [1.165, 1.54) is 31.5 Å². The van der Waals surface area contributed by atoms with Crippen molar-refractivity contribution < 1.29 is 10.0 Å². The van der Waals surface area contributed by atoms with Crippen LogP contribution in [-0.4, -0.2) is 18.2 Å². The highest BCUT2D eigenvalue weighted by Crippen LogP contribution is 2.39. The Bertz CT molecular complexity index is 505. The number of phenols is 1. The van der Waals surface area contributed by atoms with E-state index in [4.69, 9.17) is 0 Å². The number of phenolic OH excluding ortho intramolecular Hbond substituents is 1. The Kier molecular flexibility index (Phi) is 5.15. The predicted molar refractivity (Wildman–Crippen MR) is 98.3 cm³/mol. The van der Waals surface area contributed by atoms with Crippen LogP contribution in [0.5, 0.6) is 5.75 Å². The molecule has 2 heteroatoms. The van der Waals surface area contributed by atoms with E-state index < -0.39 is 0 Å². The summed E-state index contributed by atoms with van der Waals surface area (Å²) in [7, 11) is 0. The summed E-state index contributed by atoms with van der Waals surface area (Å²) in [5, 5.41) is 10.8. The summed E-state index contributed by atoms with van der Waals surface area (Å²) in [5.74, 6) is 1.38. The number of quaternary nitrogens is 1. The quantitative estimate of drug-likeness (QED) is 0.852. The van der Waals surface area contributed by atoms with Crippen molar-refractivity contribution in [1.29, 1.82) is 0 Å². The smallest absolute Gasteiger partial charge is 0.123 e. The lowest BCUT2D eigenvalue weighted by molar-refractivity contribution is -0.919. The molecule has 1 heterocycles. The number of hydrogen-bond donors (Lipinski definition) is 2. The first-order valence-electron chi connectivity index (χ1n) is 9.19. The van der Waals surface area contributed by atoms with Crippen molar-refractivity contribution in [2.24, 2.45) is 5.92 Å². The molecule has 0 unspecified atom stereocenters. The normalized spacial score (nSPS) is 23.1. The van der Waals surface area contributed by atoms with Gasteiger partial charge in [0, 0.05) is 16.7 Å². The Labute approximate surface area is 142 Å². The van der Waals surface area contributed by atoms with Gasteiger partial charge in [-0.3, -0.25) is 0 Å². The first-order valence-corrected chi connectivity index (χ1v) is 9.19. The molecular formula is C21H36NO+. The van der Waals surface area contributed by atoms with Gasteiger partial charge in [-0.2, -0.15) is 0 Å². The number of nitrogens with one attached hydrogen (secondary N) is 1. The summed E-state index contributed by atoms with van der Waals surface area (Å²) in [5.41, 5.74) is 3.48. The third kappa shape index (κ3) is 4.50. The molecule has 2 rings (SSSR count). The van der Waals surface area contributed by atoms with Gasteiger partial charge in [0.05, 0.1) is 13.1 Å². The number of rotatable bonds is 2. The van der Waals surface area contributed by atoms with Crippen molar-refractivity contribution in [2.75, 3.05) is 13.1 Å². The molecule has 0 amide bonds. The lowest BCUT2D eigenvalue weighted by Gasteiger charge is -2.30. The second-order valence-electron chi connectivity index (χ2n) is 9.65. The van der Waals surface area contributed by atoms with E-state index in [-0.39, 0.29) is 10.8 Å². The monoisotopic (exact) mass is 318 g/mol. The van der Waals surface area contributed by atoms with Gasteiger partial charge >= 0.3 is 0 Å². The molecule has 2 nitrogen and oxygen atoms in total. The molecule has 1 aliphatic heterocycles. The molecule has 2 N–H and O–H groups in total. The van der Waals surface area contributed by atoms with E-state index in [0.29, 0.717) is 5.75 Å². The number of benzene rings is 1. The van der Waals surface area contributed by atoms with E-state index in [0.717, 1.165) is 23.6 Å². The first kappa shape index (κ1) is 18.3. The molecule has 23 heavy (non-hydrogen) atoms. The van der Waals surface area contributed by atoms with Crippen LogP contribution in [0, 0.1) is 5.92 Å². The number of aromatic hydroxyl groups is 1. The first-order chi connectivity index (χ1) is 10.5. The molecule has 0 bridgehead atoms. The van der Waals surface area contributed by atoms with Crippen LogP contribution >= 0.6 is 0 Å². The highest BCUT2D eigenvalue weighted by atomic mass is 16.3. The van der Waals surface area contributed by atoms with Gasteiger partial charge in [-0.25, -0.2) is 0 Å². The van der Waals surface area contributed by atoms with Gasteiger partial charge in [-0.15, -0.1) is 0 Å². The van der Waals surface area contributed by atoms with Crippen LogP contribution in [0.2, 0.25) is 0 Å². The molecule has 1 aromatic carbocycles. The molecule has 0 saturated carbocycles. The number of hydrogen-bond acceptors (Lipinski definition) is 1. The van der Waals surface area contributed by atoms with Crippen LogP contribution in [0.4, 0.5) is 0 Å². The van der Waals surface area contributed by atoms with E-state index in [1.807, 2.05) is 0 Å². The summed E-state index contributed by atoms with van der Waals surface area (Å²) in [6, 6.07) is 4.49. The van der Waals surface area contributed by atoms with Crippen LogP contribution in [0.3, 0.4) is 0 Å². The average Bonchev–Trinajstić information content (AvgIpc) is 2.40. The van der Waals surface area contributed by atoms with Crippen molar-refractivity contribution in [2.45, 2.75) is 78.7 Å². The fraction of sp³-hybridized carbons (Fsp3) is 0.714. The van der Waals surface area contributed by atoms with Crippen LogP contribution in [-0.2, 0) is 17.4 Å². The molecule has 0 atom stereocenters. The molecule has 1 aliphatic rings. The molecular weight excluding hydrogens is 282 g/mol. The van der Waals surface area contributed by atoms with Gasteiger partial charge in [0.1, 0.15) is 12.3 Å². The van der Waals surface area contributed by atoms with Crippen molar-refractivity contribution in [3.8, 4) is 5.75 Å². The van der Waals surface area contributed by atoms with Gasteiger partial charge in [0.2, 0.25) is 0 Å². The summed E-state index contributed by atoms with van der Waals surface area (Å²) in [6.45, 7) is 19.1. The topological polar surface area (TPSA) is 24.7 Å². The van der Waals surface area contributed by atoms with Gasteiger partial charge in [0.15, 0.2) is 0 Å². The Morgan fingerprint density at radius 1 is 0.957 bits per heavy atom. The highest BCUT2D eigenvalue weighted by Gasteiger charge is 2.28. The molecule has 0 spiro atoms. The van der Waals surface area contributed by atoms with Crippen molar-refractivity contribution in [3.05, 3.63) is 28.8 Å². The SMILES string of the molecule is CC1CC[NH+](Cc2cc(C(C)(C)C)c(O)c(C(C)(C)C)c2)CC1. The maximum absolute atomic E-state index is 10.8. The third-order valence-corrected chi connectivity index (χ3v) is 5.22. The Morgan fingerprint density at radius 3 is 1.78 bits per heavy atom. The van der Waals surface area contributed by atoms with Crippen LogP contribution in [0.25, 0.3) is 0 Å². The maximum atomic E-state index is 10.8. The zero-order chi connectivity index (χ0) is 17.4. The molecule has 0 aliphatic carbocycles. The highest BCUT2D eigenvalue weighted by molar-refractivity contribution is 5.49. The minimum Gasteiger partial charge on any atom is -0.507 e. The summed E-state index contributed by atoms with van der Waals surface area (Å²) in [4.78, 5) is 1.69. The molecule has 0 radical (unpaired) electrons. The van der Waals surface area contributed by atoms with Crippen molar-refractivity contribution in [1.82, 2.24) is 0 Å². The standard InChI is InChI=1S/C21H35NO/c1-15-8-10-22(11-9-15)14-16-12-17(20(2,3)4)19(23)18(13-16)21(5,6)7/h12-13,15,23H,8-11,14H2,1-7H3/p+1. The van der Waals surface area contributed by atoms with Crippen LogP contribution in [0.1, 0.15) is 78.0 Å². The maximum Gasteiger partial charge on any atom is 0.123 e. The zero-order valence-electron chi connectivity index (χ0n) is 16.2. The van der Waals surface area contributed by atoms with Crippen LogP contribution in [0.15, 0.2) is 12.1 Å². The summed E-state index contributed by atoms with van der Waals surface area (Å²) < 4.78 is 0. The molecule has 1 saturated heterocycles. The van der Waals surface area contributed by atoms with Crippen molar-refractivity contribution >= 4 is 0 Å². The van der Waals surface area contributed by atoms with Crippen LogP contribution < -0.4 is 4.90 Å². The number of piperidine rings is 1. The molecule has 1 aromatic rings. The minimum atomic E-state index is -0.0359. The second kappa shape index (κ2) is 6.47. The fourth-order valence-electron chi connectivity index (χ4n) is 3.58. The molecule has 1 fully saturated rings. The van der Waals surface area contributed by atoms with Gasteiger partial charge in [0.25, 0.3) is 0 Å². The van der Waals surface area contributed by atoms with E-state index in [1.54, 1.807) is 4.90 Å². The molecule has 0 aromatic heterocycles. The van der Waals surface area contributed by atoms with Crippen molar-refractivity contribution in [3.63, 3.8) is 0 Å². The van der Waals surface area contributed by atoms with Gasteiger partial charge in [-0.1, -0.05) is 48.5 Å². The zero-order valence-corrected chi connectivity index (χ0v) is 16.2. The molecule has 130 valence electrons. The Hall–Kier alpha value is -1.02. The average molecular weight is 319 g/mol. The van der Waals surface area contributed by atoms with E-state index in [2.05, 4.69) is 60.6 Å². The summed E-state index contributed by atoms with van der Waals surface area (Å²) >= 11 is 0. The predicted octanol–water partition coefficient (Wildman–Crippen LogP) is 3.80. The van der Waals surface area contributed by atoms with E-state index in [9.17, 15) is 5.11 Å². The third-order valence-electron chi connectivity index (χ3n) is 5.22. The van der Waals surface area contributed by atoms with Gasteiger partial charge < -0.3 is 10.0 Å². The lowest BCUT2D eigenvalue weighted by Crippen LogP contribution is -3.11. The Morgan fingerprint density at radius 2 is 1.39 bits per heavy atom. The Balaban J connectivity index is 2.36. The second-order valence-corrected chi connectivity index (χ2v) is 9.65. The fourth-order valence-corrected chi connectivity index (χ4v) is 3.58. The summed E-state index contributed by atoms with van der Waals surface area (Å²) in [6.07, 6.45) is 2.68. The minimum absolute atomic E-state index is 0.0359. The van der Waals surface area contributed by atoms with E-state index >= 15 is 0 Å². The largest absolute Gasteiger partial charge is 0.507 e. The van der Waals surface area contributed by atoms with Gasteiger partial charge in [-0.05, 0) is 41.7 Å². The number of likely N-dealkylation sites (tertiary alicyclic amines) is 1. The lowest BCUT2D eigenvalue weighted by atomic mass is 9.78.